The van der Waals surface area contributed by atoms with Crippen molar-refractivity contribution in [1.29, 1.82) is 0 Å². The third-order valence-corrected chi connectivity index (χ3v) is 3.54. The number of aliphatic hydroxyl groups excluding tert-OH is 1. The lowest BCUT2D eigenvalue weighted by Gasteiger charge is -2.12. The Bertz CT molecular complexity index is 1050. The molecule has 0 aliphatic rings. The summed E-state index contributed by atoms with van der Waals surface area (Å²) in [5, 5.41) is 9.33. The van der Waals surface area contributed by atoms with E-state index in [-0.39, 0.29) is 33.6 Å². The number of carbonyl (C=O) groups excluding carboxylic acids is 1. The Hall–Kier alpha value is -3.56. The van der Waals surface area contributed by atoms with E-state index in [9.17, 15) is 27.9 Å². The van der Waals surface area contributed by atoms with Crippen LogP contribution in [0.25, 0.3) is 17.1 Å². The van der Waals surface area contributed by atoms with Crippen LogP contribution in [0.3, 0.4) is 0 Å². The molecule has 0 atom stereocenters. The number of carbonyl (C=O) groups is 1. The number of alkyl halides is 3. The number of H-pyrrole nitrogens is 1. The van der Waals surface area contributed by atoms with E-state index in [1.165, 1.54) is 30.4 Å². The van der Waals surface area contributed by atoms with Crippen LogP contribution >= 0.6 is 0 Å². The van der Waals surface area contributed by atoms with Gasteiger partial charge < -0.3 is 21.6 Å². The number of benzene rings is 1. The number of allylic oxidation sites excluding steroid dienone is 4. The number of amides is 1. The second-order valence-electron chi connectivity index (χ2n) is 5.35. The molecule has 0 spiro atoms. The van der Waals surface area contributed by atoms with Gasteiger partial charge in [-0.3, -0.25) is 9.59 Å². The van der Waals surface area contributed by atoms with E-state index < -0.39 is 23.3 Å². The molecule has 1 amide bonds. The van der Waals surface area contributed by atoms with Gasteiger partial charge in [0.15, 0.2) is 0 Å². The summed E-state index contributed by atoms with van der Waals surface area (Å²) < 4.78 is 38.8. The predicted molar refractivity (Wildman–Crippen MR) is 94.9 cm³/mol. The van der Waals surface area contributed by atoms with Crippen molar-refractivity contribution < 1.29 is 23.1 Å². The van der Waals surface area contributed by atoms with Crippen LogP contribution < -0.4 is 17.0 Å². The molecular weight excluding hydrogens is 365 g/mol. The van der Waals surface area contributed by atoms with Gasteiger partial charge in [-0.15, -0.1) is 0 Å². The highest BCUT2D eigenvalue weighted by atomic mass is 19.4. The lowest BCUT2D eigenvalue weighted by molar-refractivity contribution is -0.142. The summed E-state index contributed by atoms with van der Waals surface area (Å²) in [6.07, 6.45) is 1.98. The summed E-state index contributed by atoms with van der Waals surface area (Å²) >= 11 is 0. The zero-order valence-corrected chi connectivity index (χ0v) is 14.0. The number of nitrogens with two attached hydrogens (primary N) is 2. The number of fused-ring (bicyclic) bond motifs is 1. The number of anilines is 1. The first-order valence-electron chi connectivity index (χ1n) is 7.49. The first-order chi connectivity index (χ1) is 12.6. The second-order valence-corrected chi connectivity index (χ2v) is 5.35. The van der Waals surface area contributed by atoms with E-state index >= 15 is 0 Å². The largest absolute Gasteiger partial charge is 0.508 e. The van der Waals surface area contributed by atoms with Crippen LogP contribution in [0.2, 0.25) is 0 Å². The van der Waals surface area contributed by atoms with E-state index in [0.29, 0.717) is 0 Å². The molecule has 0 unspecified atom stereocenters. The maximum atomic E-state index is 12.9. The molecule has 0 bridgehead atoms. The number of aromatic nitrogens is 2. The molecule has 0 radical (unpaired) electrons. The third-order valence-electron chi connectivity index (χ3n) is 3.54. The van der Waals surface area contributed by atoms with Crippen LogP contribution in [0.15, 0.2) is 40.9 Å². The van der Waals surface area contributed by atoms with Crippen molar-refractivity contribution in [2.75, 3.05) is 5.73 Å². The molecule has 0 aliphatic carbocycles. The number of halogens is 3. The molecule has 2 rings (SSSR count). The topological polar surface area (TPSA) is 135 Å². The normalized spacial score (nSPS) is 13.1. The molecule has 0 aliphatic heterocycles. The van der Waals surface area contributed by atoms with Gasteiger partial charge in [-0.2, -0.15) is 13.2 Å². The number of hydrogen-bond donors (Lipinski definition) is 4. The number of nitrogens with zero attached hydrogens (tertiary/aromatic N) is 1. The molecule has 10 heteroatoms. The van der Waals surface area contributed by atoms with Crippen molar-refractivity contribution in [1.82, 2.24) is 9.97 Å². The van der Waals surface area contributed by atoms with Crippen molar-refractivity contribution in [3.63, 3.8) is 0 Å². The summed E-state index contributed by atoms with van der Waals surface area (Å²) in [5.41, 5.74) is 7.31. The highest BCUT2D eigenvalue weighted by molar-refractivity contribution is 6.05. The Morgan fingerprint density at radius 2 is 2.00 bits per heavy atom. The van der Waals surface area contributed by atoms with E-state index in [2.05, 4.69) is 9.97 Å². The predicted octanol–water partition coefficient (Wildman–Crippen LogP) is 2.65. The Morgan fingerprint density at radius 1 is 1.33 bits per heavy atom. The van der Waals surface area contributed by atoms with E-state index in [1.54, 1.807) is 6.92 Å². The van der Waals surface area contributed by atoms with Crippen LogP contribution in [-0.2, 0) is 6.18 Å². The number of nitrogen functional groups attached to an aromatic ring is 1. The lowest BCUT2D eigenvalue weighted by atomic mass is 10.0. The fourth-order valence-corrected chi connectivity index (χ4v) is 2.24. The molecular formula is C17H15F3N4O3. The fourth-order valence-electron chi connectivity index (χ4n) is 2.24. The average molecular weight is 380 g/mol. The average Bonchev–Trinajstić information content (AvgIpc) is 2.58. The Labute approximate surface area is 150 Å². The minimum atomic E-state index is -4.97. The Morgan fingerprint density at radius 3 is 2.56 bits per heavy atom. The van der Waals surface area contributed by atoms with Crippen LogP contribution in [0.5, 0.6) is 0 Å². The smallest absolute Gasteiger partial charge is 0.438 e. The number of hydrogen-bond acceptors (Lipinski definition) is 5. The van der Waals surface area contributed by atoms with E-state index in [0.717, 1.165) is 6.07 Å². The first-order valence-corrected chi connectivity index (χ1v) is 7.49. The molecule has 0 fully saturated rings. The van der Waals surface area contributed by atoms with Gasteiger partial charge >= 0.3 is 6.18 Å². The number of nitrogens with one attached hydrogen (secondary N) is 1. The molecule has 6 N–H and O–H groups in total. The molecule has 0 saturated carbocycles. The van der Waals surface area contributed by atoms with Crippen molar-refractivity contribution in [3.8, 4) is 0 Å². The molecule has 1 aromatic carbocycles. The summed E-state index contributed by atoms with van der Waals surface area (Å²) in [7, 11) is 0. The zero-order valence-electron chi connectivity index (χ0n) is 14.0. The van der Waals surface area contributed by atoms with E-state index in [4.69, 9.17) is 11.5 Å². The first kappa shape index (κ1) is 19.8. The second kappa shape index (κ2) is 7.36. The van der Waals surface area contributed by atoms with Gasteiger partial charge in [-0.1, -0.05) is 18.2 Å². The van der Waals surface area contributed by atoms with Gasteiger partial charge in [0.1, 0.15) is 5.76 Å². The molecule has 27 heavy (non-hydrogen) atoms. The molecule has 1 aromatic heterocycles. The summed E-state index contributed by atoms with van der Waals surface area (Å²) in [6, 6.07) is 0.983. The van der Waals surface area contributed by atoms with Crippen molar-refractivity contribution in [3.05, 3.63) is 63.3 Å². The zero-order chi connectivity index (χ0) is 20.4. The monoisotopic (exact) mass is 380 g/mol. The Kier molecular flexibility index (Phi) is 5.39. The highest BCUT2D eigenvalue weighted by Gasteiger charge is 2.36. The van der Waals surface area contributed by atoms with E-state index in [1.807, 2.05) is 0 Å². The van der Waals surface area contributed by atoms with Gasteiger partial charge in [0.2, 0.25) is 5.69 Å². The molecule has 0 saturated heterocycles. The standard InChI is InChI=1S/C17H15F3N4O3/c1-2-8(25)5-3-4-6-9-12(21)10(15(22)26)7-11-13(9)24-16(27)14(23-11)17(18,19)20/h2-7,25H,21H2,1H3,(H2,22,26)(H,24,27)/b5-3-,6-4+,8-2-. The van der Waals surface area contributed by atoms with Gasteiger partial charge in [-0.25, -0.2) is 4.98 Å². The molecule has 1 heterocycles. The van der Waals surface area contributed by atoms with Crippen LogP contribution in [0.1, 0.15) is 28.5 Å². The summed E-state index contributed by atoms with van der Waals surface area (Å²) in [6.45, 7) is 1.61. The van der Waals surface area contributed by atoms with Crippen molar-refractivity contribution in [2.45, 2.75) is 13.1 Å². The van der Waals surface area contributed by atoms with Crippen LogP contribution in [0, 0.1) is 0 Å². The third kappa shape index (κ3) is 4.17. The van der Waals surface area contributed by atoms with Crippen LogP contribution in [0.4, 0.5) is 18.9 Å². The molecule has 7 nitrogen and oxygen atoms in total. The summed E-state index contributed by atoms with van der Waals surface area (Å²) in [5.74, 6) is -0.985. The minimum Gasteiger partial charge on any atom is -0.508 e. The number of aliphatic hydroxyl groups is 1. The number of primary amides is 1. The summed E-state index contributed by atoms with van der Waals surface area (Å²) in [4.78, 5) is 28.8. The highest BCUT2D eigenvalue weighted by Crippen LogP contribution is 2.30. The lowest BCUT2D eigenvalue weighted by Crippen LogP contribution is -2.24. The molecule has 142 valence electrons. The minimum absolute atomic E-state index is 0.0201. The van der Waals surface area contributed by atoms with Gasteiger partial charge in [0.05, 0.1) is 22.3 Å². The van der Waals surface area contributed by atoms with Gasteiger partial charge in [0.25, 0.3) is 11.5 Å². The van der Waals surface area contributed by atoms with Crippen LogP contribution in [-0.4, -0.2) is 21.0 Å². The maximum absolute atomic E-state index is 12.9. The van der Waals surface area contributed by atoms with Crippen molar-refractivity contribution in [2.24, 2.45) is 5.73 Å². The van der Waals surface area contributed by atoms with Gasteiger partial charge in [-0.05, 0) is 25.1 Å². The fraction of sp³-hybridized carbons (Fsp3) is 0.118. The quantitative estimate of drug-likeness (QED) is 0.367. The maximum Gasteiger partial charge on any atom is 0.438 e. The molecule has 2 aromatic rings. The number of rotatable bonds is 4. The van der Waals surface area contributed by atoms with Crippen molar-refractivity contribution >= 4 is 28.7 Å². The SMILES string of the molecule is C/C=C(O)/C=C\C=C\c1c(N)c(C(N)=O)cc2nc(C(F)(F)F)c(=O)[nH]c12. The Balaban J connectivity index is 2.77. The van der Waals surface area contributed by atoms with Gasteiger partial charge in [0, 0.05) is 5.56 Å². The number of aromatic amines is 1.